The first-order valence-corrected chi connectivity index (χ1v) is 5.30. The van der Waals surface area contributed by atoms with Crippen LogP contribution in [-0.2, 0) is 14.3 Å². The Kier molecular flexibility index (Phi) is 4.78. The molecule has 1 aromatic rings. The number of methoxy groups -OCH3 is 2. The molecule has 0 bridgehead atoms. The molecule has 1 unspecified atom stereocenters. The molecule has 0 N–H and O–H groups in total. The molecule has 0 aliphatic rings. The normalized spacial score (nSPS) is 12.2. The maximum atomic E-state index is 11.5. The van der Waals surface area contributed by atoms with Crippen molar-refractivity contribution in [3.63, 3.8) is 0 Å². The van der Waals surface area contributed by atoms with Crippen LogP contribution in [0.4, 0.5) is 0 Å². The molecule has 3 nitrogen and oxygen atoms in total. The Balaban J connectivity index is 2.93. The first-order valence-electron chi connectivity index (χ1n) is 4.51. The van der Waals surface area contributed by atoms with Crippen LogP contribution in [-0.4, -0.2) is 26.8 Å². The molecule has 1 rings (SSSR count). The van der Waals surface area contributed by atoms with E-state index >= 15 is 0 Å². The molecule has 0 aliphatic heterocycles. The minimum atomic E-state index is -0.363. The Morgan fingerprint density at radius 2 is 2.20 bits per heavy atom. The fourth-order valence-electron chi connectivity index (χ4n) is 1.33. The van der Waals surface area contributed by atoms with E-state index in [0.29, 0.717) is 6.61 Å². The number of ether oxygens (including phenoxy) is 2. The van der Waals surface area contributed by atoms with Gasteiger partial charge < -0.3 is 9.47 Å². The summed E-state index contributed by atoms with van der Waals surface area (Å²) in [7, 11) is 2.94. The maximum absolute atomic E-state index is 11.5. The minimum Gasteiger partial charge on any atom is -0.468 e. The number of hydrogen-bond donors (Lipinski definition) is 0. The Morgan fingerprint density at radius 1 is 1.47 bits per heavy atom. The van der Waals surface area contributed by atoms with Gasteiger partial charge in [0.15, 0.2) is 0 Å². The molecular weight excluding hydrogens is 260 g/mol. The molecule has 4 heteroatoms. The fraction of sp³-hybridized carbons (Fsp3) is 0.364. The van der Waals surface area contributed by atoms with Crippen LogP contribution < -0.4 is 0 Å². The zero-order valence-electron chi connectivity index (χ0n) is 8.70. The van der Waals surface area contributed by atoms with Gasteiger partial charge in [-0.1, -0.05) is 28.1 Å². The lowest BCUT2D eigenvalue weighted by Crippen LogP contribution is -2.19. The smallest absolute Gasteiger partial charge is 0.315 e. The summed E-state index contributed by atoms with van der Waals surface area (Å²) in [6.07, 6.45) is 0. The third kappa shape index (κ3) is 3.32. The molecule has 0 radical (unpaired) electrons. The summed E-state index contributed by atoms with van der Waals surface area (Å²) in [6.45, 7) is 0.323. The minimum absolute atomic E-state index is 0.282. The van der Waals surface area contributed by atoms with Crippen LogP contribution in [0.1, 0.15) is 11.5 Å². The van der Waals surface area contributed by atoms with Gasteiger partial charge in [-0.3, -0.25) is 4.79 Å². The molecule has 0 fully saturated rings. The van der Waals surface area contributed by atoms with Crippen LogP contribution in [0.2, 0.25) is 0 Å². The van der Waals surface area contributed by atoms with Crippen LogP contribution in [0.3, 0.4) is 0 Å². The van der Waals surface area contributed by atoms with E-state index in [1.165, 1.54) is 7.11 Å². The van der Waals surface area contributed by atoms with Gasteiger partial charge in [0.1, 0.15) is 5.92 Å². The highest BCUT2D eigenvalue weighted by Crippen LogP contribution is 2.21. The number of halogens is 1. The van der Waals surface area contributed by atoms with E-state index in [1.54, 1.807) is 7.11 Å². The lowest BCUT2D eigenvalue weighted by atomic mass is 10.0. The van der Waals surface area contributed by atoms with Crippen LogP contribution >= 0.6 is 15.9 Å². The highest BCUT2D eigenvalue weighted by molar-refractivity contribution is 9.10. The molecular formula is C11H13BrO3. The average Bonchev–Trinajstić information content (AvgIpc) is 2.25. The second kappa shape index (κ2) is 5.88. The van der Waals surface area contributed by atoms with Gasteiger partial charge in [0.2, 0.25) is 0 Å². The molecule has 1 aromatic carbocycles. The summed E-state index contributed by atoms with van der Waals surface area (Å²) in [5.74, 6) is -0.646. The summed E-state index contributed by atoms with van der Waals surface area (Å²) in [5.41, 5.74) is 0.887. The van der Waals surface area contributed by atoms with E-state index in [9.17, 15) is 4.79 Å². The van der Waals surface area contributed by atoms with Gasteiger partial charge in [0.25, 0.3) is 0 Å². The molecule has 1 atom stereocenters. The fourth-order valence-corrected chi connectivity index (χ4v) is 1.75. The van der Waals surface area contributed by atoms with Gasteiger partial charge >= 0.3 is 5.97 Å². The van der Waals surface area contributed by atoms with Gasteiger partial charge in [-0.25, -0.2) is 0 Å². The number of benzene rings is 1. The van der Waals surface area contributed by atoms with Gasteiger partial charge in [-0.2, -0.15) is 0 Å². The summed E-state index contributed by atoms with van der Waals surface area (Å²) in [6, 6.07) is 7.56. The highest BCUT2D eigenvalue weighted by Gasteiger charge is 2.21. The van der Waals surface area contributed by atoms with Crippen LogP contribution in [0, 0.1) is 0 Å². The van der Waals surface area contributed by atoms with Gasteiger partial charge in [0, 0.05) is 11.6 Å². The summed E-state index contributed by atoms with van der Waals surface area (Å²) in [5, 5.41) is 0. The third-order valence-electron chi connectivity index (χ3n) is 2.07. The predicted molar refractivity (Wildman–Crippen MR) is 60.8 cm³/mol. The number of carbonyl (C=O) groups excluding carboxylic acids is 1. The van der Waals surface area contributed by atoms with E-state index in [4.69, 9.17) is 9.47 Å². The Hall–Kier alpha value is -0.870. The first kappa shape index (κ1) is 12.2. The zero-order chi connectivity index (χ0) is 11.3. The van der Waals surface area contributed by atoms with Crippen LogP contribution in [0.5, 0.6) is 0 Å². The SMILES string of the molecule is COCC(C(=O)OC)c1cccc(Br)c1. The topological polar surface area (TPSA) is 35.5 Å². The van der Waals surface area contributed by atoms with Crippen molar-refractivity contribution in [3.05, 3.63) is 34.3 Å². The molecule has 0 amide bonds. The average molecular weight is 273 g/mol. The van der Waals surface area contributed by atoms with Crippen molar-refractivity contribution in [2.75, 3.05) is 20.8 Å². The van der Waals surface area contributed by atoms with E-state index in [2.05, 4.69) is 15.9 Å². The largest absolute Gasteiger partial charge is 0.468 e. The number of hydrogen-bond acceptors (Lipinski definition) is 3. The number of esters is 1. The maximum Gasteiger partial charge on any atom is 0.315 e. The van der Waals surface area contributed by atoms with Gasteiger partial charge in [-0.05, 0) is 17.7 Å². The Labute approximate surface area is 97.5 Å². The molecule has 82 valence electrons. The third-order valence-corrected chi connectivity index (χ3v) is 2.56. The standard InChI is InChI=1S/C11H13BrO3/c1-14-7-10(11(13)15-2)8-4-3-5-9(12)6-8/h3-6,10H,7H2,1-2H3. The molecule has 0 aliphatic carbocycles. The Morgan fingerprint density at radius 3 is 2.73 bits per heavy atom. The first-order chi connectivity index (χ1) is 7.19. The second-order valence-corrected chi connectivity index (χ2v) is 4.00. The van der Waals surface area contributed by atoms with E-state index < -0.39 is 0 Å². The molecule has 0 aromatic heterocycles. The molecule has 0 heterocycles. The van der Waals surface area contributed by atoms with E-state index in [-0.39, 0.29) is 11.9 Å². The predicted octanol–water partition coefficient (Wildman–Crippen LogP) is 2.35. The monoisotopic (exact) mass is 272 g/mol. The second-order valence-electron chi connectivity index (χ2n) is 3.09. The van der Waals surface area contributed by atoms with Crippen molar-refractivity contribution in [1.29, 1.82) is 0 Å². The number of carbonyl (C=O) groups is 1. The van der Waals surface area contributed by atoms with Gasteiger partial charge in [-0.15, -0.1) is 0 Å². The summed E-state index contributed by atoms with van der Waals surface area (Å²) < 4.78 is 10.7. The molecule has 0 saturated carbocycles. The van der Waals surface area contributed by atoms with Crippen LogP contribution in [0.15, 0.2) is 28.7 Å². The molecule has 0 spiro atoms. The zero-order valence-corrected chi connectivity index (χ0v) is 10.3. The molecule has 0 saturated heterocycles. The number of rotatable bonds is 4. The quantitative estimate of drug-likeness (QED) is 0.790. The van der Waals surface area contributed by atoms with Crippen LogP contribution in [0.25, 0.3) is 0 Å². The lowest BCUT2D eigenvalue weighted by Gasteiger charge is -2.14. The summed E-state index contributed by atoms with van der Waals surface area (Å²) in [4.78, 5) is 11.5. The van der Waals surface area contributed by atoms with E-state index in [1.807, 2.05) is 24.3 Å². The van der Waals surface area contributed by atoms with E-state index in [0.717, 1.165) is 10.0 Å². The van der Waals surface area contributed by atoms with Crippen molar-refractivity contribution in [1.82, 2.24) is 0 Å². The van der Waals surface area contributed by atoms with Crippen molar-refractivity contribution in [2.24, 2.45) is 0 Å². The van der Waals surface area contributed by atoms with Crippen molar-refractivity contribution in [3.8, 4) is 0 Å². The summed E-state index contributed by atoms with van der Waals surface area (Å²) >= 11 is 3.36. The van der Waals surface area contributed by atoms with Crippen molar-refractivity contribution < 1.29 is 14.3 Å². The highest BCUT2D eigenvalue weighted by atomic mass is 79.9. The molecule has 15 heavy (non-hydrogen) atoms. The lowest BCUT2D eigenvalue weighted by molar-refractivity contribution is -0.143. The van der Waals surface area contributed by atoms with Gasteiger partial charge in [0.05, 0.1) is 13.7 Å². The van der Waals surface area contributed by atoms with Crippen molar-refractivity contribution in [2.45, 2.75) is 5.92 Å². The van der Waals surface area contributed by atoms with Crippen molar-refractivity contribution >= 4 is 21.9 Å². The Bertz CT molecular complexity index is 338.